The van der Waals surface area contributed by atoms with E-state index in [-0.39, 0.29) is 15.6 Å². The van der Waals surface area contributed by atoms with Crippen LogP contribution >= 0.6 is 35.0 Å². The Labute approximate surface area is 207 Å². The number of nitrogens with zero attached hydrogens (tertiary/aromatic N) is 1. The lowest BCUT2D eigenvalue weighted by molar-refractivity contribution is -0.119. The average Bonchev–Trinajstić information content (AvgIpc) is 2.82. The molecule has 6 nitrogen and oxygen atoms in total. The highest BCUT2D eigenvalue weighted by atomic mass is 35.5. The van der Waals surface area contributed by atoms with Gasteiger partial charge in [-0.05, 0) is 54.6 Å². The number of hydrogen-bond acceptors (Lipinski definition) is 5. The van der Waals surface area contributed by atoms with Crippen LogP contribution in [0, 0.1) is 0 Å². The molecule has 0 saturated heterocycles. The number of thioether (sulfide) groups is 1. The van der Waals surface area contributed by atoms with Crippen molar-refractivity contribution in [2.45, 2.75) is 9.79 Å². The average molecular weight is 525 g/mol. The molecule has 0 radical (unpaired) electrons. The summed E-state index contributed by atoms with van der Waals surface area (Å²) in [6, 6.07) is 19.9. The number of ether oxygens (including phenoxy) is 1. The summed E-state index contributed by atoms with van der Waals surface area (Å²) in [5.74, 6) is 0.590. The second-order valence-electron chi connectivity index (χ2n) is 6.80. The molecule has 0 saturated carbocycles. The summed E-state index contributed by atoms with van der Waals surface area (Å²) in [4.78, 5) is 13.8. The molecule has 0 unspecified atom stereocenters. The van der Waals surface area contributed by atoms with Crippen molar-refractivity contribution in [3.8, 4) is 5.75 Å². The third-order valence-electron chi connectivity index (χ3n) is 4.55. The maximum atomic E-state index is 13.3. The number of hydrogen-bond donors (Lipinski definition) is 1. The molecular weight excluding hydrogens is 503 g/mol. The first-order valence-corrected chi connectivity index (χ1v) is 13.1. The minimum atomic E-state index is -4.01. The van der Waals surface area contributed by atoms with Crippen molar-refractivity contribution in [1.29, 1.82) is 0 Å². The van der Waals surface area contributed by atoms with Gasteiger partial charge in [0.1, 0.15) is 12.3 Å². The van der Waals surface area contributed by atoms with E-state index in [1.54, 1.807) is 54.2 Å². The minimum absolute atomic E-state index is 0.0723. The smallest absolute Gasteiger partial charge is 0.264 e. The molecule has 0 aliphatic carbocycles. The third-order valence-corrected chi connectivity index (χ3v) is 7.90. The lowest BCUT2D eigenvalue weighted by atomic mass is 10.3. The van der Waals surface area contributed by atoms with E-state index in [0.29, 0.717) is 23.1 Å². The summed E-state index contributed by atoms with van der Waals surface area (Å²) >= 11 is 13.7. The molecule has 0 fully saturated rings. The van der Waals surface area contributed by atoms with Gasteiger partial charge in [-0.1, -0.05) is 41.4 Å². The second-order valence-corrected chi connectivity index (χ2v) is 10.7. The summed E-state index contributed by atoms with van der Waals surface area (Å²) < 4.78 is 32.9. The van der Waals surface area contributed by atoms with Crippen molar-refractivity contribution in [2.24, 2.45) is 0 Å². The quantitative estimate of drug-likeness (QED) is 0.294. The molecular formula is C23H22Cl2N2O4S2. The zero-order valence-corrected chi connectivity index (χ0v) is 20.8. The van der Waals surface area contributed by atoms with Crippen molar-refractivity contribution >= 4 is 56.6 Å². The molecule has 1 N–H and O–H groups in total. The van der Waals surface area contributed by atoms with Gasteiger partial charge in [0.05, 0.1) is 22.7 Å². The lowest BCUT2D eigenvalue weighted by Crippen LogP contribution is -2.41. The van der Waals surface area contributed by atoms with Gasteiger partial charge in [-0.2, -0.15) is 0 Å². The Morgan fingerprint density at radius 1 is 1.03 bits per heavy atom. The number of methoxy groups -OCH3 is 1. The van der Waals surface area contributed by atoms with Crippen molar-refractivity contribution < 1.29 is 17.9 Å². The second kappa shape index (κ2) is 11.7. The first kappa shape index (κ1) is 25.2. The summed E-state index contributed by atoms with van der Waals surface area (Å²) in [5.41, 5.74) is 0.260. The van der Waals surface area contributed by atoms with Crippen LogP contribution in [0.2, 0.25) is 10.0 Å². The van der Waals surface area contributed by atoms with Gasteiger partial charge >= 0.3 is 0 Å². The van der Waals surface area contributed by atoms with Gasteiger partial charge < -0.3 is 10.1 Å². The van der Waals surface area contributed by atoms with Gasteiger partial charge in [0.2, 0.25) is 5.91 Å². The predicted molar refractivity (Wildman–Crippen MR) is 134 cm³/mol. The molecule has 0 aliphatic heterocycles. The van der Waals surface area contributed by atoms with Gasteiger partial charge in [-0.3, -0.25) is 9.10 Å². The molecule has 0 atom stereocenters. The molecule has 1 amide bonds. The Balaban J connectivity index is 1.73. The van der Waals surface area contributed by atoms with Crippen molar-refractivity contribution in [3.63, 3.8) is 0 Å². The number of rotatable bonds is 10. The molecule has 3 rings (SSSR count). The van der Waals surface area contributed by atoms with Crippen LogP contribution < -0.4 is 14.4 Å². The Morgan fingerprint density at radius 3 is 2.36 bits per heavy atom. The molecule has 0 aliphatic rings. The maximum absolute atomic E-state index is 13.3. The fraction of sp³-hybridized carbons (Fsp3) is 0.174. The highest BCUT2D eigenvalue weighted by Gasteiger charge is 2.27. The highest BCUT2D eigenvalue weighted by molar-refractivity contribution is 7.99. The normalized spacial score (nSPS) is 11.1. The standard InChI is InChI=1S/C23H22Cl2N2O4S2/c1-31-22-12-9-18(15-21(22)25)27(33(29,30)20-5-3-2-4-6-20)16-23(28)26-13-14-32-19-10-7-17(24)8-11-19/h2-12,15H,13-14,16H2,1H3,(H,26,28). The van der Waals surface area contributed by atoms with Crippen LogP contribution in [0.4, 0.5) is 5.69 Å². The molecule has 0 aromatic heterocycles. The van der Waals surface area contributed by atoms with E-state index in [0.717, 1.165) is 9.20 Å². The van der Waals surface area contributed by atoms with E-state index in [4.69, 9.17) is 27.9 Å². The van der Waals surface area contributed by atoms with E-state index >= 15 is 0 Å². The fourth-order valence-electron chi connectivity index (χ4n) is 2.92. The first-order valence-electron chi connectivity index (χ1n) is 9.87. The maximum Gasteiger partial charge on any atom is 0.264 e. The number of carbonyl (C=O) groups excluding carboxylic acids is 1. The van der Waals surface area contributed by atoms with E-state index in [1.165, 1.54) is 25.3 Å². The number of sulfonamides is 1. The number of amides is 1. The Hall–Kier alpha value is -2.39. The number of anilines is 1. The zero-order chi connectivity index (χ0) is 23.8. The molecule has 10 heteroatoms. The van der Waals surface area contributed by atoms with E-state index in [2.05, 4.69) is 5.32 Å². The fourth-order valence-corrected chi connectivity index (χ4v) is 5.50. The van der Waals surface area contributed by atoms with Gasteiger partial charge in [0, 0.05) is 22.2 Å². The Morgan fingerprint density at radius 2 is 1.73 bits per heavy atom. The third kappa shape index (κ3) is 6.80. The number of halogens is 2. The van der Waals surface area contributed by atoms with Crippen LogP contribution in [0.25, 0.3) is 0 Å². The highest BCUT2D eigenvalue weighted by Crippen LogP contribution is 2.31. The Bertz CT molecular complexity index is 1190. The van der Waals surface area contributed by atoms with Crippen LogP contribution in [0.1, 0.15) is 0 Å². The van der Waals surface area contributed by atoms with Crippen LogP contribution in [0.15, 0.2) is 82.6 Å². The largest absolute Gasteiger partial charge is 0.495 e. The predicted octanol–water partition coefficient (Wildman–Crippen LogP) is 5.11. The lowest BCUT2D eigenvalue weighted by Gasteiger charge is -2.24. The SMILES string of the molecule is COc1ccc(N(CC(=O)NCCSc2ccc(Cl)cc2)S(=O)(=O)c2ccccc2)cc1Cl. The number of carbonyl (C=O) groups is 1. The molecule has 3 aromatic rings. The number of nitrogens with one attached hydrogen (secondary N) is 1. The molecule has 174 valence electrons. The summed E-state index contributed by atoms with van der Waals surface area (Å²) in [5, 5.41) is 3.67. The molecule has 3 aromatic carbocycles. The van der Waals surface area contributed by atoms with Gasteiger partial charge in [0.15, 0.2) is 0 Å². The van der Waals surface area contributed by atoms with E-state index < -0.39 is 22.5 Å². The van der Waals surface area contributed by atoms with Crippen molar-refractivity contribution in [3.05, 3.63) is 82.8 Å². The van der Waals surface area contributed by atoms with Gasteiger partial charge in [-0.25, -0.2) is 8.42 Å². The monoisotopic (exact) mass is 524 g/mol. The van der Waals surface area contributed by atoms with E-state index in [9.17, 15) is 13.2 Å². The van der Waals surface area contributed by atoms with Crippen molar-refractivity contribution in [2.75, 3.05) is 30.3 Å². The number of benzene rings is 3. The molecule has 0 bridgehead atoms. The summed E-state index contributed by atoms with van der Waals surface area (Å²) in [6.07, 6.45) is 0. The van der Waals surface area contributed by atoms with Crippen LogP contribution in [-0.4, -0.2) is 40.3 Å². The summed E-state index contributed by atoms with van der Waals surface area (Å²) in [7, 11) is -2.54. The van der Waals surface area contributed by atoms with Crippen molar-refractivity contribution in [1.82, 2.24) is 5.32 Å². The van der Waals surface area contributed by atoms with Crippen LogP contribution in [-0.2, 0) is 14.8 Å². The molecule has 0 spiro atoms. The molecule has 0 heterocycles. The van der Waals surface area contributed by atoms with Gasteiger partial charge in [0.25, 0.3) is 10.0 Å². The Kier molecular flexibility index (Phi) is 8.91. The van der Waals surface area contributed by atoms with Crippen LogP contribution in [0.5, 0.6) is 5.75 Å². The zero-order valence-electron chi connectivity index (χ0n) is 17.7. The van der Waals surface area contributed by atoms with E-state index in [1.807, 2.05) is 12.1 Å². The first-order chi connectivity index (χ1) is 15.8. The minimum Gasteiger partial charge on any atom is -0.495 e. The summed E-state index contributed by atoms with van der Waals surface area (Å²) in [6.45, 7) is -0.0276. The van der Waals surface area contributed by atoms with Crippen LogP contribution in [0.3, 0.4) is 0 Å². The molecule has 33 heavy (non-hydrogen) atoms. The van der Waals surface area contributed by atoms with Gasteiger partial charge in [-0.15, -0.1) is 11.8 Å². The topological polar surface area (TPSA) is 75.7 Å².